The van der Waals surface area contributed by atoms with Gasteiger partial charge in [-0.05, 0) is 49.4 Å². The SMILES string of the molecule is CCCC(C)C(N)C1CC2CCC1C2. The lowest BCUT2D eigenvalue weighted by molar-refractivity contribution is 0.227. The molecule has 2 bridgehead atoms. The van der Waals surface area contributed by atoms with Crippen molar-refractivity contribution in [2.24, 2.45) is 29.4 Å². The van der Waals surface area contributed by atoms with Crippen LogP contribution in [-0.4, -0.2) is 6.04 Å². The van der Waals surface area contributed by atoms with E-state index in [1.54, 1.807) is 0 Å². The molecule has 2 aliphatic rings. The maximum Gasteiger partial charge on any atom is 0.00957 e. The van der Waals surface area contributed by atoms with Crippen molar-refractivity contribution in [1.29, 1.82) is 0 Å². The summed E-state index contributed by atoms with van der Waals surface area (Å²) >= 11 is 0. The van der Waals surface area contributed by atoms with Gasteiger partial charge in [0.1, 0.15) is 0 Å². The molecule has 5 atom stereocenters. The second-order valence-corrected chi connectivity index (χ2v) is 5.68. The predicted molar refractivity (Wildman–Crippen MR) is 61.0 cm³/mol. The van der Waals surface area contributed by atoms with Crippen molar-refractivity contribution < 1.29 is 0 Å². The van der Waals surface area contributed by atoms with Crippen LogP contribution >= 0.6 is 0 Å². The maximum atomic E-state index is 6.40. The molecule has 5 unspecified atom stereocenters. The lowest BCUT2D eigenvalue weighted by Gasteiger charge is -2.31. The van der Waals surface area contributed by atoms with Crippen molar-refractivity contribution in [2.75, 3.05) is 0 Å². The highest BCUT2D eigenvalue weighted by Crippen LogP contribution is 2.50. The molecular formula is C13H25N. The summed E-state index contributed by atoms with van der Waals surface area (Å²) in [6.07, 6.45) is 8.51. The van der Waals surface area contributed by atoms with Gasteiger partial charge in [-0.1, -0.05) is 26.7 Å². The molecule has 2 rings (SSSR count). The van der Waals surface area contributed by atoms with Crippen molar-refractivity contribution in [3.63, 3.8) is 0 Å². The molecule has 0 saturated heterocycles. The molecule has 1 nitrogen and oxygen atoms in total. The number of fused-ring (bicyclic) bond motifs is 2. The van der Waals surface area contributed by atoms with Gasteiger partial charge in [0.2, 0.25) is 0 Å². The second-order valence-electron chi connectivity index (χ2n) is 5.68. The van der Waals surface area contributed by atoms with Crippen LogP contribution in [0.4, 0.5) is 0 Å². The summed E-state index contributed by atoms with van der Waals surface area (Å²) in [5.74, 6) is 3.65. The monoisotopic (exact) mass is 195 g/mol. The molecule has 2 fully saturated rings. The Hall–Kier alpha value is -0.0400. The van der Waals surface area contributed by atoms with Gasteiger partial charge in [0.05, 0.1) is 0 Å². The molecule has 0 aromatic carbocycles. The fraction of sp³-hybridized carbons (Fsp3) is 1.00. The van der Waals surface area contributed by atoms with Crippen LogP contribution in [0.25, 0.3) is 0 Å². The van der Waals surface area contributed by atoms with Crippen molar-refractivity contribution >= 4 is 0 Å². The topological polar surface area (TPSA) is 26.0 Å². The van der Waals surface area contributed by atoms with Crippen LogP contribution < -0.4 is 5.73 Å². The number of hydrogen-bond donors (Lipinski definition) is 1. The molecular weight excluding hydrogens is 170 g/mol. The summed E-state index contributed by atoms with van der Waals surface area (Å²) in [7, 11) is 0. The first-order valence-electron chi connectivity index (χ1n) is 6.48. The van der Waals surface area contributed by atoms with Crippen LogP contribution in [0.3, 0.4) is 0 Å². The highest BCUT2D eigenvalue weighted by molar-refractivity contribution is 4.95. The van der Waals surface area contributed by atoms with Gasteiger partial charge in [0.25, 0.3) is 0 Å². The molecule has 2 N–H and O–H groups in total. The summed E-state index contributed by atoms with van der Waals surface area (Å²) in [6.45, 7) is 4.62. The van der Waals surface area contributed by atoms with Gasteiger partial charge in [-0.15, -0.1) is 0 Å². The highest BCUT2D eigenvalue weighted by Gasteiger charge is 2.42. The van der Waals surface area contributed by atoms with Gasteiger partial charge >= 0.3 is 0 Å². The van der Waals surface area contributed by atoms with Gasteiger partial charge in [-0.2, -0.15) is 0 Å². The summed E-state index contributed by atoms with van der Waals surface area (Å²) < 4.78 is 0. The minimum atomic E-state index is 0.491. The number of rotatable bonds is 4. The van der Waals surface area contributed by atoms with Crippen molar-refractivity contribution in [3.05, 3.63) is 0 Å². The lowest BCUT2D eigenvalue weighted by Crippen LogP contribution is -2.38. The molecule has 0 spiro atoms. The maximum absolute atomic E-state index is 6.40. The normalized spacial score (nSPS) is 40.1. The Balaban J connectivity index is 1.89. The zero-order chi connectivity index (χ0) is 10.1. The molecule has 0 amide bonds. The minimum Gasteiger partial charge on any atom is -0.327 e. The van der Waals surface area contributed by atoms with E-state index >= 15 is 0 Å². The predicted octanol–water partition coefficient (Wildman–Crippen LogP) is 3.19. The van der Waals surface area contributed by atoms with Crippen LogP contribution in [0.2, 0.25) is 0 Å². The largest absolute Gasteiger partial charge is 0.327 e. The first kappa shape index (κ1) is 10.5. The molecule has 2 saturated carbocycles. The smallest absolute Gasteiger partial charge is 0.00957 e. The zero-order valence-corrected chi connectivity index (χ0v) is 9.71. The Bertz CT molecular complexity index is 190. The Kier molecular flexibility index (Phi) is 3.16. The average Bonchev–Trinajstić information content (AvgIpc) is 2.77. The third kappa shape index (κ3) is 1.84. The van der Waals surface area contributed by atoms with Gasteiger partial charge in [-0.25, -0.2) is 0 Å². The second kappa shape index (κ2) is 4.22. The first-order chi connectivity index (χ1) is 6.72. The third-order valence-corrected chi connectivity index (χ3v) is 4.69. The molecule has 82 valence electrons. The standard InChI is InChI=1S/C13H25N/c1-3-4-9(2)13(14)12-8-10-5-6-11(12)7-10/h9-13H,3-8,14H2,1-2H3. The quantitative estimate of drug-likeness (QED) is 0.732. The van der Waals surface area contributed by atoms with Crippen LogP contribution in [0.15, 0.2) is 0 Å². The number of nitrogens with two attached hydrogens (primary N) is 1. The van der Waals surface area contributed by atoms with E-state index < -0.39 is 0 Å². The number of hydrogen-bond acceptors (Lipinski definition) is 1. The molecule has 0 aromatic heterocycles. The molecule has 0 aromatic rings. The van der Waals surface area contributed by atoms with Gasteiger partial charge in [0.15, 0.2) is 0 Å². The highest BCUT2D eigenvalue weighted by atomic mass is 14.7. The van der Waals surface area contributed by atoms with Gasteiger partial charge in [-0.3, -0.25) is 0 Å². The summed E-state index contributed by atoms with van der Waals surface area (Å²) in [5.41, 5.74) is 6.40. The van der Waals surface area contributed by atoms with Crippen LogP contribution in [0, 0.1) is 23.7 Å². The average molecular weight is 195 g/mol. The molecule has 0 aliphatic heterocycles. The molecule has 14 heavy (non-hydrogen) atoms. The zero-order valence-electron chi connectivity index (χ0n) is 9.71. The molecule has 2 aliphatic carbocycles. The molecule has 0 radical (unpaired) electrons. The molecule has 0 heterocycles. The van der Waals surface area contributed by atoms with Crippen molar-refractivity contribution in [2.45, 2.75) is 58.4 Å². The van der Waals surface area contributed by atoms with Crippen LogP contribution in [0.5, 0.6) is 0 Å². The van der Waals surface area contributed by atoms with E-state index in [9.17, 15) is 0 Å². The van der Waals surface area contributed by atoms with E-state index in [0.717, 1.165) is 23.7 Å². The Labute approximate surface area is 88.4 Å². The summed E-state index contributed by atoms with van der Waals surface area (Å²) in [5, 5.41) is 0. The first-order valence-corrected chi connectivity index (χ1v) is 6.48. The van der Waals surface area contributed by atoms with E-state index in [1.165, 1.54) is 38.5 Å². The Morgan fingerprint density at radius 3 is 2.57 bits per heavy atom. The van der Waals surface area contributed by atoms with E-state index in [-0.39, 0.29) is 0 Å². The van der Waals surface area contributed by atoms with E-state index in [1.807, 2.05) is 0 Å². The third-order valence-electron chi connectivity index (χ3n) is 4.69. The Morgan fingerprint density at radius 2 is 2.07 bits per heavy atom. The molecule has 1 heteroatoms. The van der Waals surface area contributed by atoms with Crippen LogP contribution in [-0.2, 0) is 0 Å². The van der Waals surface area contributed by atoms with Crippen LogP contribution in [0.1, 0.15) is 52.4 Å². The van der Waals surface area contributed by atoms with Gasteiger partial charge in [0, 0.05) is 6.04 Å². The lowest BCUT2D eigenvalue weighted by atomic mass is 9.78. The fourth-order valence-corrected chi connectivity index (χ4v) is 3.84. The van der Waals surface area contributed by atoms with Gasteiger partial charge < -0.3 is 5.73 Å². The van der Waals surface area contributed by atoms with E-state index in [0.29, 0.717) is 6.04 Å². The minimum absolute atomic E-state index is 0.491. The van der Waals surface area contributed by atoms with Crippen molar-refractivity contribution in [1.82, 2.24) is 0 Å². The summed E-state index contributed by atoms with van der Waals surface area (Å²) in [4.78, 5) is 0. The van der Waals surface area contributed by atoms with E-state index in [4.69, 9.17) is 5.73 Å². The van der Waals surface area contributed by atoms with E-state index in [2.05, 4.69) is 13.8 Å². The Morgan fingerprint density at radius 1 is 1.29 bits per heavy atom. The summed E-state index contributed by atoms with van der Waals surface area (Å²) in [6, 6.07) is 0.491. The fourth-order valence-electron chi connectivity index (χ4n) is 3.84. The van der Waals surface area contributed by atoms with Crippen molar-refractivity contribution in [3.8, 4) is 0 Å².